The van der Waals surface area contributed by atoms with E-state index in [1.54, 1.807) is 12.4 Å². The number of aromatic nitrogens is 1. The van der Waals surface area contributed by atoms with Crippen LogP contribution in [0.5, 0.6) is 0 Å². The number of hydrogen-bond acceptors (Lipinski definition) is 5. The van der Waals surface area contributed by atoms with Crippen LogP contribution < -0.4 is 0 Å². The van der Waals surface area contributed by atoms with E-state index in [0.717, 1.165) is 10.5 Å². The standard InChI is InChI=1S/C19H30N2O4Si/c1-12(2)26(13(3)4,14(5)6)25-17-16(15-8-10-20-11-9-15)21(18(17)22)19(23)24-7/h8-14,16-17H,1-7H3. The fourth-order valence-corrected chi connectivity index (χ4v) is 9.88. The summed E-state index contributed by atoms with van der Waals surface area (Å²) in [6, 6.07) is 3.15. The monoisotopic (exact) mass is 378 g/mol. The molecular weight excluding hydrogens is 348 g/mol. The number of carbonyl (C=O) groups excluding carboxylic acids is 2. The van der Waals surface area contributed by atoms with Crippen molar-refractivity contribution in [1.82, 2.24) is 9.88 Å². The Kier molecular flexibility index (Phi) is 6.23. The van der Waals surface area contributed by atoms with Crippen LogP contribution in [0.15, 0.2) is 24.5 Å². The normalized spacial score (nSPS) is 20.7. The molecule has 1 fully saturated rings. The molecule has 6 nitrogen and oxygen atoms in total. The molecule has 0 bridgehead atoms. The lowest BCUT2D eigenvalue weighted by molar-refractivity contribution is -0.160. The van der Waals surface area contributed by atoms with E-state index in [0.29, 0.717) is 16.6 Å². The number of rotatable bonds is 6. The number of pyridine rings is 1. The Bertz CT molecular complexity index is 626. The Hall–Kier alpha value is -1.73. The number of imide groups is 1. The van der Waals surface area contributed by atoms with Crippen LogP contribution in [0.3, 0.4) is 0 Å². The van der Waals surface area contributed by atoms with E-state index in [9.17, 15) is 9.59 Å². The summed E-state index contributed by atoms with van der Waals surface area (Å²) in [5, 5.41) is 0. The van der Waals surface area contributed by atoms with Crippen LogP contribution in [-0.4, -0.2) is 43.4 Å². The Morgan fingerprint density at radius 3 is 2.00 bits per heavy atom. The summed E-state index contributed by atoms with van der Waals surface area (Å²) in [6.07, 6.45) is 2.00. The molecule has 0 aromatic carbocycles. The van der Waals surface area contributed by atoms with Crippen molar-refractivity contribution in [3.05, 3.63) is 30.1 Å². The first kappa shape index (κ1) is 20.6. The highest BCUT2D eigenvalue weighted by molar-refractivity contribution is 6.77. The number of hydrogen-bond donors (Lipinski definition) is 0. The van der Waals surface area contributed by atoms with Crippen molar-refractivity contribution < 1.29 is 18.8 Å². The molecule has 0 N–H and O–H groups in total. The molecule has 2 amide bonds. The van der Waals surface area contributed by atoms with Crippen molar-refractivity contribution in [1.29, 1.82) is 0 Å². The number of β-lactam (4-membered cyclic amide) rings is 1. The minimum absolute atomic E-state index is 0.322. The third-order valence-corrected chi connectivity index (χ3v) is 11.6. The van der Waals surface area contributed by atoms with E-state index in [1.807, 2.05) is 12.1 Å². The zero-order valence-corrected chi connectivity index (χ0v) is 17.7. The highest BCUT2D eigenvalue weighted by Crippen LogP contribution is 2.47. The van der Waals surface area contributed by atoms with Gasteiger partial charge in [-0.15, -0.1) is 0 Å². The molecular formula is C19H30N2O4Si. The molecule has 26 heavy (non-hydrogen) atoms. The molecule has 1 saturated heterocycles. The molecule has 0 radical (unpaired) electrons. The first-order chi connectivity index (χ1) is 12.2. The molecule has 2 rings (SSSR count). The van der Waals surface area contributed by atoms with Gasteiger partial charge >= 0.3 is 6.09 Å². The van der Waals surface area contributed by atoms with Gasteiger partial charge in [0.1, 0.15) is 6.04 Å². The number of carbonyl (C=O) groups is 2. The molecule has 2 unspecified atom stereocenters. The first-order valence-electron chi connectivity index (χ1n) is 9.17. The number of ether oxygens (including phenoxy) is 1. The molecule has 144 valence electrons. The van der Waals surface area contributed by atoms with E-state index in [2.05, 4.69) is 46.5 Å². The van der Waals surface area contributed by atoms with Crippen LogP contribution in [0.2, 0.25) is 16.6 Å². The summed E-state index contributed by atoms with van der Waals surface area (Å²) in [5.41, 5.74) is 1.87. The third-order valence-electron chi connectivity index (χ3n) is 5.50. The van der Waals surface area contributed by atoms with Gasteiger partial charge in [-0.2, -0.15) is 0 Å². The molecule has 1 aliphatic heterocycles. The van der Waals surface area contributed by atoms with Crippen molar-refractivity contribution in [2.45, 2.75) is 70.3 Å². The van der Waals surface area contributed by atoms with Crippen molar-refractivity contribution in [3.63, 3.8) is 0 Å². The Morgan fingerprint density at radius 2 is 1.58 bits per heavy atom. The lowest BCUT2D eigenvalue weighted by Gasteiger charge is -2.51. The fourth-order valence-electron chi connectivity index (χ4n) is 4.39. The molecule has 2 atom stereocenters. The number of methoxy groups -OCH3 is 1. The predicted molar refractivity (Wildman–Crippen MR) is 102 cm³/mol. The second-order valence-corrected chi connectivity index (χ2v) is 13.2. The minimum atomic E-state index is -2.27. The van der Waals surface area contributed by atoms with Gasteiger partial charge in [0.15, 0.2) is 6.10 Å². The van der Waals surface area contributed by atoms with E-state index in [1.165, 1.54) is 7.11 Å². The topological polar surface area (TPSA) is 68.7 Å². The zero-order valence-electron chi connectivity index (χ0n) is 16.7. The summed E-state index contributed by atoms with van der Waals surface area (Å²) in [4.78, 5) is 30.1. The van der Waals surface area contributed by atoms with Gasteiger partial charge < -0.3 is 9.16 Å². The quantitative estimate of drug-likeness (QED) is 0.545. The Labute approximate surface area is 157 Å². The second-order valence-electron chi connectivity index (χ2n) is 7.76. The predicted octanol–water partition coefficient (Wildman–Crippen LogP) is 4.29. The summed E-state index contributed by atoms with van der Waals surface area (Å²) in [6.45, 7) is 13.1. The van der Waals surface area contributed by atoms with Crippen molar-refractivity contribution in [2.24, 2.45) is 0 Å². The van der Waals surface area contributed by atoms with Crippen LogP contribution in [0.4, 0.5) is 4.79 Å². The van der Waals surface area contributed by atoms with Gasteiger partial charge in [0, 0.05) is 12.4 Å². The molecule has 0 spiro atoms. The lowest BCUT2D eigenvalue weighted by atomic mass is 9.92. The Morgan fingerprint density at radius 1 is 1.08 bits per heavy atom. The number of amides is 2. The van der Waals surface area contributed by atoms with Gasteiger partial charge in [0.25, 0.3) is 5.91 Å². The SMILES string of the molecule is COC(=O)N1C(=O)C(O[Si](C(C)C)(C(C)C)C(C)C)C1c1ccncc1. The fraction of sp³-hybridized carbons (Fsp3) is 0.632. The Balaban J connectivity index is 2.43. The molecule has 1 aromatic heterocycles. The maximum atomic E-state index is 12.8. The van der Waals surface area contributed by atoms with Crippen LogP contribution >= 0.6 is 0 Å². The average molecular weight is 379 g/mol. The number of likely N-dealkylation sites (tertiary alicyclic amines) is 1. The molecule has 1 aromatic rings. The van der Waals surface area contributed by atoms with Gasteiger partial charge in [-0.05, 0) is 34.3 Å². The van der Waals surface area contributed by atoms with Gasteiger partial charge in [-0.3, -0.25) is 9.78 Å². The highest BCUT2D eigenvalue weighted by atomic mass is 28.4. The smallest absolute Gasteiger partial charge is 0.417 e. The summed E-state index contributed by atoms with van der Waals surface area (Å²) < 4.78 is 11.5. The van der Waals surface area contributed by atoms with Crippen molar-refractivity contribution >= 4 is 20.3 Å². The molecule has 2 heterocycles. The van der Waals surface area contributed by atoms with E-state index >= 15 is 0 Å². The van der Waals surface area contributed by atoms with E-state index in [-0.39, 0.29) is 5.91 Å². The van der Waals surface area contributed by atoms with Crippen molar-refractivity contribution in [3.8, 4) is 0 Å². The van der Waals surface area contributed by atoms with E-state index < -0.39 is 26.6 Å². The molecule has 0 aliphatic carbocycles. The zero-order chi connectivity index (χ0) is 19.6. The summed E-state index contributed by atoms with van der Waals surface area (Å²) in [5.74, 6) is -0.322. The number of nitrogens with zero attached hydrogens (tertiary/aromatic N) is 2. The maximum absolute atomic E-state index is 12.8. The first-order valence-corrected chi connectivity index (χ1v) is 11.3. The van der Waals surface area contributed by atoms with Crippen LogP contribution in [0, 0.1) is 0 Å². The van der Waals surface area contributed by atoms with Gasteiger partial charge in [0.05, 0.1) is 7.11 Å². The third kappa shape index (κ3) is 3.30. The largest absolute Gasteiger partial charge is 0.452 e. The maximum Gasteiger partial charge on any atom is 0.417 e. The second kappa shape index (κ2) is 7.88. The van der Waals surface area contributed by atoms with Gasteiger partial charge in [0.2, 0.25) is 8.32 Å². The van der Waals surface area contributed by atoms with Gasteiger partial charge in [-0.25, -0.2) is 9.69 Å². The lowest BCUT2D eigenvalue weighted by Crippen LogP contribution is -2.66. The molecule has 7 heteroatoms. The molecule has 1 aliphatic rings. The minimum Gasteiger partial charge on any atom is -0.452 e. The average Bonchev–Trinajstić information content (AvgIpc) is 2.59. The summed E-state index contributed by atoms with van der Waals surface area (Å²) in [7, 11) is -0.986. The molecule has 0 saturated carbocycles. The highest BCUT2D eigenvalue weighted by Gasteiger charge is 2.58. The van der Waals surface area contributed by atoms with Crippen LogP contribution in [0.25, 0.3) is 0 Å². The van der Waals surface area contributed by atoms with Crippen molar-refractivity contribution in [2.75, 3.05) is 7.11 Å². The van der Waals surface area contributed by atoms with Crippen LogP contribution in [-0.2, 0) is 14.0 Å². The van der Waals surface area contributed by atoms with Crippen LogP contribution in [0.1, 0.15) is 53.1 Å². The van der Waals surface area contributed by atoms with Gasteiger partial charge in [-0.1, -0.05) is 41.5 Å². The summed E-state index contributed by atoms with van der Waals surface area (Å²) >= 11 is 0. The van der Waals surface area contributed by atoms with E-state index in [4.69, 9.17) is 9.16 Å².